The number of anilines is 1. The third-order valence-electron chi connectivity index (χ3n) is 3.78. The minimum Gasteiger partial charge on any atom is -0.388 e. The predicted molar refractivity (Wildman–Crippen MR) is 138 cm³/mol. The second-order valence-corrected chi connectivity index (χ2v) is 9.17. The molecular weight excluding hydrogens is 428 g/mol. The number of nitrogens with one attached hydrogen (secondary N) is 3. The highest BCUT2D eigenvalue weighted by molar-refractivity contribution is 8.76. The molecule has 1 aromatic rings. The van der Waals surface area contributed by atoms with Gasteiger partial charge in [0.15, 0.2) is 0 Å². The van der Waals surface area contributed by atoms with Crippen molar-refractivity contribution in [3.63, 3.8) is 0 Å². The Balaban J connectivity index is 2.15. The molecule has 0 atom stereocenters. The van der Waals surface area contributed by atoms with Crippen molar-refractivity contribution < 1.29 is 9.59 Å². The Morgan fingerprint density at radius 2 is 1.68 bits per heavy atom. The van der Waals surface area contributed by atoms with Gasteiger partial charge in [-0.2, -0.15) is 0 Å². The van der Waals surface area contributed by atoms with Crippen LogP contribution < -0.4 is 16.0 Å². The topological polar surface area (TPSA) is 82.6 Å². The molecule has 0 spiro atoms. The van der Waals surface area contributed by atoms with Gasteiger partial charge >= 0.3 is 0 Å². The molecule has 3 N–H and O–H groups in total. The normalized spacial score (nSPS) is 12.0. The summed E-state index contributed by atoms with van der Waals surface area (Å²) in [5.41, 5.74) is 3.35. The molecule has 0 bridgehead atoms. The summed E-state index contributed by atoms with van der Waals surface area (Å²) in [5, 5.41) is 8.68. The molecule has 168 valence electrons. The zero-order valence-corrected chi connectivity index (χ0v) is 20.0. The molecule has 1 aromatic carbocycles. The Morgan fingerprint density at radius 1 is 1.00 bits per heavy atom. The fourth-order valence-electron chi connectivity index (χ4n) is 2.17. The molecule has 8 heteroatoms. The maximum Gasteiger partial charge on any atom is 0.241 e. The molecule has 6 nitrogen and oxygen atoms in total. The Hall–Kier alpha value is -2.45. The summed E-state index contributed by atoms with van der Waals surface area (Å²) < 4.78 is 0. The van der Waals surface area contributed by atoms with E-state index < -0.39 is 0 Å². The molecular formula is C23H32N4O2S2. The van der Waals surface area contributed by atoms with Crippen LogP contribution in [0.5, 0.6) is 0 Å². The van der Waals surface area contributed by atoms with Gasteiger partial charge < -0.3 is 16.0 Å². The van der Waals surface area contributed by atoms with E-state index >= 15 is 0 Å². The van der Waals surface area contributed by atoms with E-state index in [1.807, 2.05) is 44.3 Å². The molecule has 0 radical (unpaired) electrons. The third-order valence-corrected chi connectivity index (χ3v) is 6.19. The molecule has 0 aliphatic heterocycles. The minimum atomic E-state index is -0.0903. The molecule has 0 unspecified atom stereocenters. The molecule has 0 saturated carbocycles. The highest BCUT2D eigenvalue weighted by atomic mass is 33.1. The van der Waals surface area contributed by atoms with E-state index in [0.29, 0.717) is 13.1 Å². The summed E-state index contributed by atoms with van der Waals surface area (Å²) in [6, 6.07) is 8.21. The summed E-state index contributed by atoms with van der Waals surface area (Å²) in [6.07, 6.45) is 11.5. The number of rotatable bonds is 14. The summed E-state index contributed by atoms with van der Waals surface area (Å²) >= 11 is 0. The van der Waals surface area contributed by atoms with Crippen LogP contribution in [0.25, 0.3) is 6.08 Å². The maximum atomic E-state index is 11.7. The van der Waals surface area contributed by atoms with Gasteiger partial charge in [-0.25, -0.2) is 0 Å². The standard InChI is InChI=1S/C23H32N4O2S2/c1-19(7-8-21-9-11-22(24-3)12-10-21)6-4-5-13-25-18-23(29)27-15-17-31-30-16-14-26-20(2)28/h4-13,24H,14-18H2,1-3H3,(H,26,28)(H,27,29)/b5-4-,8-7+,19-6+,25-13?. The molecule has 0 fully saturated rings. The third kappa shape index (κ3) is 15.1. The van der Waals surface area contributed by atoms with E-state index in [4.69, 9.17) is 0 Å². The molecule has 0 heterocycles. The van der Waals surface area contributed by atoms with Crippen LogP contribution in [0.4, 0.5) is 5.69 Å². The molecule has 0 aliphatic carbocycles. The number of carbonyl (C=O) groups excluding carboxylic acids is 2. The second kappa shape index (κ2) is 17.3. The zero-order valence-electron chi connectivity index (χ0n) is 18.4. The van der Waals surface area contributed by atoms with E-state index in [1.54, 1.807) is 27.8 Å². The molecule has 0 aromatic heterocycles. The van der Waals surface area contributed by atoms with Gasteiger partial charge in [0.25, 0.3) is 0 Å². The van der Waals surface area contributed by atoms with Crippen molar-refractivity contribution in [2.24, 2.45) is 4.99 Å². The zero-order chi connectivity index (χ0) is 22.7. The van der Waals surface area contributed by atoms with Crippen molar-refractivity contribution in [1.29, 1.82) is 0 Å². The predicted octanol–water partition coefficient (Wildman–Crippen LogP) is 3.95. The Bertz CT molecular complexity index is 787. The van der Waals surface area contributed by atoms with Gasteiger partial charge in [-0.3, -0.25) is 14.6 Å². The van der Waals surface area contributed by atoms with Crippen LogP contribution >= 0.6 is 21.6 Å². The van der Waals surface area contributed by atoms with Gasteiger partial charge in [-0.1, -0.05) is 63.6 Å². The van der Waals surface area contributed by atoms with Crippen molar-refractivity contribution in [1.82, 2.24) is 10.6 Å². The van der Waals surface area contributed by atoms with Crippen LogP contribution in [0.2, 0.25) is 0 Å². The first kappa shape index (κ1) is 26.6. The Labute approximate surface area is 193 Å². The van der Waals surface area contributed by atoms with Crippen LogP contribution in [0, 0.1) is 0 Å². The van der Waals surface area contributed by atoms with Crippen LogP contribution in [-0.4, -0.2) is 56.2 Å². The molecule has 0 aliphatic rings. The largest absolute Gasteiger partial charge is 0.388 e. The van der Waals surface area contributed by atoms with Gasteiger partial charge in [0, 0.05) is 50.5 Å². The lowest BCUT2D eigenvalue weighted by Crippen LogP contribution is -2.27. The number of carbonyl (C=O) groups is 2. The first-order valence-electron chi connectivity index (χ1n) is 10.1. The number of hydrogen-bond donors (Lipinski definition) is 3. The van der Waals surface area contributed by atoms with Gasteiger partial charge in [0.2, 0.25) is 11.8 Å². The van der Waals surface area contributed by atoms with E-state index in [2.05, 4.69) is 45.2 Å². The van der Waals surface area contributed by atoms with Gasteiger partial charge in [-0.15, -0.1) is 0 Å². The van der Waals surface area contributed by atoms with Gasteiger partial charge in [0.05, 0.1) is 0 Å². The van der Waals surface area contributed by atoms with E-state index in [-0.39, 0.29) is 18.4 Å². The lowest BCUT2D eigenvalue weighted by atomic mass is 10.1. The smallest absolute Gasteiger partial charge is 0.241 e. The molecule has 2 amide bonds. The van der Waals surface area contributed by atoms with E-state index in [9.17, 15) is 9.59 Å². The number of nitrogens with zero attached hydrogens (tertiary/aromatic N) is 1. The Morgan fingerprint density at radius 3 is 2.32 bits per heavy atom. The Kier molecular flexibility index (Phi) is 14.8. The van der Waals surface area contributed by atoms with Crippen molar-refractivity contribution >= 4 is 51.4 Å². The average molecular weight is 461 g/mol. The number of aliphatic imine (C=N–C) groups is 1. The fraction of sp³-hybridized carbons (Fsp3) is 0.348. The molecule has 0 saturated heterocycles. The second-order valence-electron chi connectivity index (χ2n) is 6.47. The number of hydrogen-bond acceptors (Lipinski definition) is 6. The van der Waals surface area contributed by atoms with E-state index in [0.717, 1.165) is 28.3 Å². The summed E-state index contributed by atoms with van der Waals surface area (Å²) in [7, 11) is 5.26. The summed E-state index contributed by atoms with van der Waals surface area (Å²) in [5.74, 6) is 1.56. The SMILES string of the molecule is CNc1ccc(/C=C/C(C)=C/C=C\C=NCC(=O)NCCSSCCNC(C)=O)cc1. The number of allylic oxidation sites excluding steroid dienone is 5. The van der Waals surface area contributed by atoms with E-state index in [1.165, 1.54) is 6.92 Å². The van der Waals surface area contributed by atoms with Crippen LogP contribution in [0.3, 0.4) is 0 Å². The molecule has 1 rings (SSSR count). The van der Waals surface area contributed by atoms with Crippen LogP contribution in [0.1, 0.15) is 19.4 Å². The first-order chi connectivity index (χ1) is 15.0. The molecule has 31 heavy (non-hydrogen) atoms. The summed E-state index contributed by atoms with van der Waals surface area (Å²) in [6.45, 7) is 4.93. The van der Waals surface area contributed by atoms with Gasteiger partial charge in [-0.05, 0) is 30.7 Å². The van der Waals surface area contributed by atoms with Crippen LogP contribution in [-0.2, 0) is 9.59 Å². The monoisotopic (exact) mass is 460 g/mol. The first-order valence-corrected chi connectivity index (χ1v) is 12.5. The lowest BCUT2D eigenvalue weighted by Gasteiger charge is -2.03. The highest BCUT2D eigenvalue weighted by Crippen LogP contribution is 2.19. The van der Waals surface area contributed by atoms with Crippen LogP contribution in [0.15, 0.2) is 59.1 Å². The van der Waals surface area contributed by atoms with Crippen molar-refractivity contribution in [2.45, 2.75) is 13.8 Å². The quantitative estimate of drug-likeness (QED) is 0.169. The fourth-order valence-corrected chi connectivity index (χ4v) is 3.99. The van der Waals surface area contributed by atoms with Gasteiger partial charge in [0.1, 0.15) is 6.54 Å². The lowest BCUT2D eigenvalue weighted by molar-refractivity contribution is -0.120. The maximum absolute atomic E-state index is 11.7. The number of amides is 2. The van der Waals surface area contributed by atoms with Crippen molar-refractivity contribution in [2.75, 3.05) is 43.5 Å². The number of benzene rings is 1. The van der Waals surface area contributed by atoms with Crippen molar-refractivity contribution in [3.05, 3.63) is 59.7 Å². The average Bonchev–Trinajstić information content (AvgIpc) is 2.76. The highest BCUT2D eigenvalue weighted by Gasteiger charge is 1.98. The summed E-state index contributed by atoms with van der Waals surface area (Å²) in [4.78, 5) is 26.5. The minimum absolute atomic E-state index is 0.0112. The van der Waals surface area contributed by atoms with Crippen molar-refractivity contribution in [3.8, 4) is 0 Å².